The smallest absolute Gasteiger partial charge is 0.0467 e. The number of nitrogens with zero attached hydrogens (tertiary/aromatic N) is 3. The van der Waals surface area contributed by atoms with Gasteiger partial charge in [0.15, 0.2) is 0 Å². The molecule has 0 aliphatic carbocycles. The Labute approximate surface area is 110 Å². The maximum absolute atomic E-state index is 6.02. The van der Waals surface area contributed by atoms with Crippen LogP contribution in [0.15, 0.2) is 24.5 Å². The van der Waals surface area contributed by atoms with Crippen LogP contribution in [0, 0.1) is 0 Å². The molecule has 1 atom stereocenters. The van der Waals surface area contributed by atoms with Gasteiger partial charge in [0.05, 0.1) is 0 Å². The first-order chi connectivity index (χ1) is 8.66. The van der Waals surface area contributed by atoms with E-state index < -0.39 is 0 Å². The van der Waals surface area contributed by atoms with Crippen LogP contribution in [-0.4, -0.2) is 60.6 Å². The average molecular weight is 248 g/mol. The monoisotopic (exact) mass is 248 g/mol. The summed E-state index contributed by atoms with van der Waals surface area (Å²) in [6, 6.07) is 4.17. The molecule has 0 radical (unpaired) electrons. The predicted molar refractivity (Wildman–Crippen MR) is 74.5 cm³/mol. The molecule has 2 N–H and O–H groups in total. The Bertz CT molecular complexity index is 367. The molecule has 4 nitrogen and oxygen atoms in total. The molecule has 0 bridgehead atoms. The van der Waals surface area contributed by atoms with Crippen LogP contribution in [-0.2, 0) is 6.42 Å². The molecule has 1 aliphatic rings. The van der Waals surface area contributed by atoms with Crippen LogP contribution in [0.5, 0.6) is 0 Å². The van der Waals surface area contributed by atoms with Gasteiger partial charge in [-0.15, -0.1) is 0 Å². The van der Waals surface area contributed by atoms with E-state index >= 15 is 0 Å². The highest BCUT2D eigenvalue weighted by molar-refractivity contribution is 5.10. The summed E-state index contributed by atoms with van der Waals surface area (Å²) in [5, 5.41) is 0. The van der Waals surface area contributed by atoms with Gasteiger partial charge in [0.25, 0.3) is 0 Å². The molecule has 100 valence electrons. The van der Waals surface area contributed by atoms with Crippen molar-refractivity contribution in [1.82, 2.24) is 14.8 Å². The molecule has 1 unspecified atom stereocenters. The molecule has 0 aromatic carbocycles. The van der Waals surface area contributed by atoms with Crippen molar-refractivity contribution in [3.8, 4) is 0 Å². The van der Waals surface area contributed by atoms with Gasteiger partial charge in [0.2, 0.25) is 0 Å². The van der Waals surface area contributed by atoms with Gasteiger partial charge in [-0.2, -0.15) is 0 Å². The lowest BCUT2D eigenvalue weighted by atomic mass is 9.96. The first kappa shape index (κ1) is 13.5. The van der Waals surface area contributed by atoms with E-state index in [2.05, 4.69) is 41.0 Å². The molecule has 1 fully saturated rings. The van der Waals surface area contributed by atoms with Gasteiger partial charge in [-0.1, -0.05) is 0 Å². The van der Waals surface area contributed by atoms with E-state index in [9.17, 15) is 0 Å². The van der Waals surface area contributed by atoms with Gasteiger partial charge in [0.1, 0.15) is 0 Å². The van der Waals surface area contributed by atoms with Crippen LogP contribution >= 0.6 is 0 Å². The minimum absolute atomic E-state index is 0.168. The summed E-state index contributed by atoms with van der Waals surface area (Å²) in [7, 11) is 4.38. The molecule has 1 saturated heterocycles. The summed E-state index contributed by atoms with van der Waals surface area (Å²) in [4.78, 5) is 8.86. The zero-order chi connectivity index (χ0) is 13.0. The van der Waals surface area contributed by atoms with Gasteiger partial charge in [0, 0.05) is 37.6 Å². The third-order valence-electron chi connectivity index (χ3n) is 4.20. The summed E-state index contributed by atoms with van der Waals surface area (Å²) in [6.45, 7) is 4.02. The molecule has 0 amide bonds. The third-order valence-corrected chi connectivity index (χ3v) is 4.20. The van der Waals surface area contributed by atoms with Crippen molar-refractivity contribution < 1.29 is 0 Å². The van der Waals surface area contributed by atoms with E-state index in [-0.39, 0.29) is 5.54 Å². The molecule has 1 aliphatic heterocycles. The molecule has 4 heteroatoms. The maximum atomic E-state index is 6.02. The number of pyridine rings is 1. The number of aromatic nitrogens is 1. The molecule has 2 heterocycles. The van der Waals surface area contributed by atoms with Crippen molar-refractivity contribution >= 4 is 0 Å². The Morgan fingerprint density at radius 1 is 1.44 bits per heavy atom. The fourth-order valence-corrected chi connectivity index (χ4v) is 2.78. The fourth-order valence-electron chi connectivity index (χ4n) is 2.78. The van der Waals surface area contributed by atoms with Crippen molar-refractivity contribution in [1.29, 1.82) is 0 Å². The molecular formula is C14H24N4. The van der Waals surface area contributed by atoms with E-state index in [4.69, 9.17) is 5.73 Å². The Kier molecular flexibility index (Phi) is 4.32. The second-order valence-corrected chi connectivity index (χ2v) is 5.44. The minimum atomic E-state index is 0.168. The molecule has 1 aromatic rings. The zero-order valence-corrected chi connectivity index (χ0v) is 11.5. The predicted octanol–water partition coefficient (Wildman–Crippen LogP) is 0.589. The zero-order valence-electron chi connectivity index (χ0n) is 11.5. The molecule has 0 spiro atoms. The van der Waals surface area contributed by atoms with Crippen molar-refractivity contribution in [2.45, 2.75) is 18.4 Å². The van der Waals surface area contributed by atoms with Crippen LogP contribution in [0.1, 0.15) is 12.0 Å². The largest absolute Gasteiger partial charge is 0.329 e. The van der Waals surface area contributed by atoms with E-state index in [1.165, 1.54) is 12.0 Å². The quantitative estimate of drug-likeness (QED) is 0.828. The lowest BCUT2D eigenvalue weighted by molar-refractivity contribution is 0.135. The molecule has 1 aromatic heterocycles. The van der Waals surface area contributed by atoms with Crippen LogP contribution in [0.4, 0.5) is 0 Å². The second-order valence-electron chi connectivity index (χ2n) is 5.44. The van der Waals surface area contributed by atoms with Gasteiger partial charge >= 0.3 is 0 Å². The summed E-state index contributed by atoms with van der Waals surface area (Å²) >= 11 is 0. The van der Waals surface area contributed by atoms with Gasteiger partial charge < -0.3 is 10.6 Å². The Morgan fingerprint density at radius 2 is 2.17 bits per heavy atom. The number of hydrogen-bond donors (Lipinski definition) is 1. The highest BCUT2D eigenvalue weighted by Gasteiger charge is 2.38. The van der Waals surface area contributed by atoms with Crippen molar-refractivity contribution in [2.24, 2.45) is 5.73 Å². The first-order valence-electron chi connectivity index (χ1n) is 6.65. The number of nitrogens with two attached hydrogens (primary N) is 1. The third kappa shape index (κ3) is 2.88. The van der Waals surface area contributed by atoms with Crippen LogP contribution < -0.4 is 5.73 Å². The van der Waals surface area contributed by atoms with Gasteiger partial charge in [-0.05, 0) is 51.2 Å². The van der Waals surface area contributed by atoms with Crippen molar-refractivity contribution in [2.75, 3.05) is 40.3 Å². The Morgan fingerprint density at radius 3 is 2.72 bits per heavy atom. The standard InChI is InChI=1S/C14H24N4/c1-17-10-6-14(11-15,12-17)18(2)9-5-13-3-7-16-8-4-13/h3-4,7-8H,5-6,9-12,15H2,1-2H3. The Hall–Kier alpha value is -0.970. The summed E-state index contributed by atoms with van der Waals surface area (Å²) in [6.07, 6.45) is 5.95. The van der Waals surface area contributed by atoms with E-state index in [0.717, 1.165) is 32.6 Å². The number of hydrogen-bond acceptors (Lipinski definition) is 4. The normalized spacial score (nSPS) is 24.9. The summed E-state index contributed by atoms with van der Waals surface area (Å²) in [5.74, 6) is 0. The molecule has 0 saturated carbocycles. The number of rotatable bonds is 5. The fraction of sp³-hybridized carbons (Fsp3) is 0.643. The molecule has 2 rings (SSSR count). The van der Waals surface area contributed by atoms with Crippen LogP contribution in [0.3, 0.4) is 0 Å². The van der Waals surface area contributed by atoms with E-state index in [0.29, 0.717) is 0 Å². The highest BCUT2D eigenvalue weighted by Crippen LogP contribution is 2.25. The van der Waals surface area contributed by atoms with E-state index in [1.807, 2.05) is 12.4 Å². The van der Waals surface area contributed by atoms with Crippen LogP contribution in [0.25, 0.3) is 0 Å². The highest BCUT2D eigenvalue weighted by atomic mass is 15.3. The van der Waals surface area contributed by atoms with Gasteiger partial charge in [-0.3, -0.25) is 9.88 Å². The van der Waals surface area contributed by atoms with E-state index in [1.54, 1.807) is 0 Å². The summed E-state index contributed by atoms with van der Waals surface area (Å²) < 4.78 is 0. The van der Waals surface area contributed by atoms with Crippen molar-refractivity contribution in [3.63, 3.8) is 0 Å². The molecular weight excluding hydrogens is 224 g/mol. The SMILES string of the molecule is CN1CCC(CN)(N(C)CCc2ccncc2)C1. The lowest BCUT2D eigenvalue weighted by Crippen LogP contribution is -2.54. The van der Waals surface area contributed by atoms with Gasteiger partial charge in [-0.25, -0.2) is 0 Å². The maximum Gasteiger partial charge on any atom is 0.0467 e. The van der Waals surface area contributed by atoms with Crippen LogP contribution in [0.2, 0.25) is 0 Å². The first-order valence-corrected chi connectivity index (χ1v) is 6.65. The topological polar surface area (TPSA) is 45.4 Å². The van der Waals surface area contributed by atoms with Crippen molar-refractivity contribution in [3.05, 3.63) is 30.1 Å². The second kappa shape index (κ2) is 5.78. The number of likely N-dealkylation sites (N-methyl/N-ethyl adjacent to an activating group) is 2. The number of likely N-dealkylation sites (tertiary alicyclic amines) is 1. The average Bonchev–Trinajstić information content (AvgIpc) is 2.80. The lowest BCUT2D eigenvalue weighted by Gasteiger charge is -2.38. The Balaban J connectivity index is 1.92. The minimum Gasteiger partial charge on any atom is -0.329 e. The summed E-state index contributed by atoms with van der Waals surface area (Å²) in [5.41, 5.74) is 7.53. The molecule has 18 heavy (non-hydrogen) atoms.